The van der Waals surface area contributed by atoms with Crippen molar-refractivity contribution in [1.29, 1.82) is 0 Å². The Balaban J connectivity index is 1.72. The lowest BCUT2D eigenvalue weighted by molar-refractivity contribution is -0.135. The fourth-order valence-electron chi connectivity index (χ4n) is 2.65. The zero-order valence-corrected chi connectivity index (χ0v) is 14.0. The number of carbonyl (C=O) groups is 1. The minimum Gasteiger partial charge on any atom is -0.464 e. The number of furan rings is 1. The van der Waals surface area contributed by atoms with E-state index in [0.717, 1.165) is 49.7 Å². The van der Waals surface area contributed by atoms with E-state index in [4.69, 9.17) is 4.42 Å². The van der Waals surface area contributed by atoms with Crippen molar-refractivity contribution >= 4 is 17.7 Å². The van der Waals surface area contributed by atoms with Gasteiger partial charge >= 0.3 is 0 Å². The Kier molecular flexibility index (Phi) is 6.18. The molecule has 118 valence electrons. The molecule has 1 fully saturated rings. The van der Waals surface area contributed by atoms with Crippen LogP contribution in [0.3, 0.4) is 0 Å². The number of carbonyl (C=O) groups excluding carboxylic acids is 1. The van der Waals surface area contributed by atoms with Crippen LogP contribution in [0.4, 0.5) is 0 Å². The lowest BCUT2D eigenvalue weighted by Crippen LogP contribution is -2.45. The van der Waals surface area contributed by atoms with E-state index in [0.29, 0.717) is 6.04 Å². The second-order valence-corrected chi connectivity index (χ2v) is 6.80. The number of rotatable bonds is 6. The summed E-state index contributed by atoms with van der Waals surface area (Å²) in [4.78, 5) is 13.9. The first-order valence-electron chi connectivity index (χ1n) is 7.69. The highest BCUT2D eigenvalue weighted by Crippen LogP contribution is 2.16. The third-order valence-corrected chi connectivity index (χ3v) is 4.44. The predicted molar refractivity (Wildman–Crippen MR) is 87.2 cm³/mol. The van der Waals surface area contributed by atoms with Gasteiger partial charge in [0.05, 0.1) is 12.3 Å². The highest BCUT2D eigenvalue weighted by atomic mass is 32.2. The first-order chi connectivity index (χ1) is 10.1. The van der Waals surface area contributed by atoms with Crippen LogP contribution >= 0.6 is 11.8 Å². The highest BCUT2D eigenvalue weighted by molar-refractivity contribution is 7.97. The molecule has 1 N–H and O–H groups in total. The minimum absolute atomic E-state index is 0.104. The van der Waals surface area contributed by atoms with E-state index < -0.39 is 0 Å². The fraction of sp³-hybridized carbons (Fsp3) is 0.688. The molecule has 0 aromatic carbocycles. The third kappa shape index (κ3) is 4.78. The van der Waals surface area contributed by atoms with Crippen molar-refractivity contribution < 1.29 is 9.21 Å². The van der Waals surface area contributed by atoms with Gasteiger partial charge in [-0.25, -0.2) is 0 Å². The van der Waals surface area contributed by atoms with Crippen molar-refractivity contribution in [2.45, 2.75) is 45.0 Å². The molecule has 0 atom stereocenters. The molecule has 0 unspecified atom stereocenters. The number of hydrogen-bond acceptors (Lipinski definition) is 4. The van der Waals surface area contributed by atoms with Gasteiger partial charge in [0.1, 0.15) is 11.5 Å². The van der Waals surface area contributed by atoms with E-state index in [2.05, 4.69) is 23.7 Å². The number of piperidine rings is 1. The summed E-state index contributed by atoms with van der Waals surface area (Å²) in [7, 11) is 0. The summed E-state index contributed by atoms with van der Waals surface area (Å²) < 4.78 is 5.76. The molecule has 0 saturated carbocycles. The Morgan fingerprint density at radius 3 is 2.67 bits per heavy atom. The molecule has 1 saturated heterocycles. The molecule has 0 bridgehead atoms. The first-order valence-corrected chi connectivity index (χ1v) is 9.08. The van der Waals surface area contributed by atoms with Crippen molar-refractivity contribution in [3.05, 3.63) is 23.7 Å². The molecular formula is C16H26N2O2S. The Morgan fingerprint density at radius 2 is 2.05 bits per heavy atom. The van der Waals surface area contributed by atoms with E-state index in [1.165, 1.54) is 0 Å². The van der Waals surface area contributed by atoms with E-state index in [1.54, 1.807) is 11.8 Å². The Hall–Kier alpha value is -0.940. The van der Waals surface area contributed by atoms with Gasteiger partial charge in [0.2, 0.25) is 5.91 Å². The van der Waals surface area contributed by atoms with Gasteiger partial charge in [-0.2, -0.15) is 11.8 Å². The maximum atomic E-state index is 11.9. The zero-order chi connectivity index (χ0) is 15.2. The summed E-state index contributed by atoms with van der Waals surface area (Å²) in [6, 6.07) is 4.59. The predicted octanol–water partition coefficient (Wildman–Crippen LogP) is 2.88. The second-order valence-electron chi connectivity index (χ2n) is 5.94. The molecule has 4 nitrogen and oxygen atoms in total. The van der Waals surface area contributed by atoms with Crippen molar-refractivity contribution in [1.82, 2.24) is 10.2 Å². The van der Waals surface area contributed by atoms with Crippen LogP contribution in [0.5, 0.6) is 0 Å². The largest absolute Gasteiger partial charge is 0.464 e. The zero-order valence-electron chi connectivity index (χ0n) is 13.2. The quantitative estimate of drug-likeness (QED) is 0.877. The Labute approximate surface area is 131 Å². The Morgan fingerprint density at radius 1 is 1.38 bits per heavy atom. The SMILES string of the molecule is CSCc1ccc(CNC2CCN(C(=O)C(C)C)CC2)o1. The van der Waals surface area contributed by atoms with Crippen molar-refractivity contribution in [2.24, 2.45) is 5.92 Å². The van der Waals surface area contributed by atoms with Crippen LogP contribution in [-0.4, -0.2) is 36.2 Å². The van der Waals surface area contributed by atoms with Crippen molar-refractivity contribution in [2.75, 3.05) is 19.3 Å². The minimum atomic E-state index is 0.104. The van der Waals surface area contributed by atoms with E-state index in [9.17, 15) is 4.79 Å². The van der Waals surface area contributed by atoms with Gasteiger partial charge in [0.25, 0.3) is 0 Å². The first kappa shape index (κ1) is 16.4. The normalized spacial score (nSPS) is 16.7. The molecule has 1 amide bonds. The summed E-state index contributed by atoms with van der Waals surface area (Å²) in [6.45, 7) is 6.44. The molecule has 0 radical (unpaired) electrons. The molecular weight excluding hydrogens is 284 g/mol. The third-order valence-electron chi connectivity index (χ3n) is 3.87. The van der Waals surface area contributed by atoms with Gasteiger partial charge in [-0.15, -0.1) is 0 Å². The monoisotopic (exact) mass is 310 g/mol. The topological polar surface area (TPSA) is 45.5 Å². The van der Waals surface area contributed by atoms with Gasteiger partial charge in [-0.1, -0.05) is 13.8 Å². The lowest BCUT2D eigenvalue weighted by Gasteiger charge is -2.33. The summed E-state index contributed by atoms with van der Waals surface area (Å²) >= 11 is 1.77. The molecule has 1 aliphatic rings. The summed E-state index contributed by atoms with van der Waals surface area (Å²) in [5.74, 6) is 3.35. The number of likely N-dealkylation sites (tertiary alicyclic amines) is 1. The number of nitrogens with zero attached hydrogens (tertiary/aromatic N) is 1. The van der Waals surface area contributed by atoms with Crippen LogP contribution in [0.25, 0.3) is 0 Å². The number of thioether (sulfide) groups is 1. The molecule has 1 aromatic heterocycles. The van der Waals surface area contributed by atoms with Crippen LogP contribution in [0.1, 0.15) is 38.2 Å². The molecule has 0 aliphatic carbocycles. The van der Waals surface area contributed by atoms with Gasteiger partial charge in [-0.05, 0) is 31.2 Å². The molecule has 1 aromatic rings. The maximum Gasteiger partial charge on any atom is 0.225 e. The van der Waals surface area contributed by atoms with Crippen LogP contribution in [0.2, 0.25) is 0 Å². The van der Waals surface area contributed by atoms with Gasteiger partial charge < -0.3 is 14.6 Å². The van der Waals surface area contributed by atoms with Crippen molar-refractivity contribution in [3.8, 4) is 0 Å². The van der Waals surface area contributed by atoms with Gasteiger partial charge in [0, 0.05) is 25.0 Å². The Bertz CT molecular complexity index is 451. The van der Waals surface area contributed by atoms with Crippen LogP contribution in [-0.2, 0) is 17.1 Å². The van der Waals surface area contributed by atoms with Crippen LogP contribution in [0, 0.1) is 5.92 Å². The smallest absolute Gasteiger partial charge is 0.225 e. The average molecular weight is 310 g/mol. The molecule has 21 heavy (non-hydrogen) atoms. The molecule has 5 heteroatoms. The van der Waals surface area contributed by atoms with E-state index in [-0.39, 0.29) is 11.8 Å². The summed E-state index contributed by atoms with van der Waals surface area (Å²) in [6.07, 6.45) is 4.13. The van der Waals surface area contributed by atoms with Crippen LogP contribution < -0.4 is 5.32 Å². The lowest BCUT2D eigenvalue weighted by atomic mass is 10.0. The maximum absolute atomic E-state index is 11.9. The molecule has 2 rings (SSSR count). The number of nitrogens with one attached hydrogen (secondary N) is 1. The number of hydrogen-bond donors (Lipinski definition) is 1. The molecule has 0 spiro atoms. The van der Waals surface area contributed by atoms with Gasteiger partial charge in [-0.3, -0.25) is 4.79 Å². The summed E-state index contributed by atoms with van der Waals surface area (Å²) in [5.41, 5.74) is 0. The van der Waals surface area contributed by atoms with Gasteiger partial charge in [0.15, 0.2) is 0 Å². The fourth-order valence-corrected chi connectivity index (χ4v) is 3.09. The average Bonchev–Trinajstić information content (AvgIpc) is 2.93. The second kappa shape index (κ2) is 7.90. The highest BCUT2D eigenvalue weighted by Gasteiger charge is 2.23. The molecule has 1 aliphatic heterocycles. The number of amides is 1. The van der Waals surface area contributed by atoms with Crippen LogP contribution in [0.15, 0.2) is 16.5 Å². The van der Waals surface area contributed by atoms with E-state index in [1.807, 2.05) is 18.7 Å². The summed E-state index contributed by atoms with van der Waals surface area (Å²) in [5, 5.41) is 3.54. The van der Waals surface area contributed by atoms with E-state index >= 15 is 0 Å². The van der Waals surface area contributed by atoms with Crippen molar-refractivity contribution in [3.63, 3.8) is 0 Å². The standard InChI is InChI=1S/C16H26N2O2S/c1-12(2)16(19)18-8-6-13(7-9-18)17-10-14-4-5-15(20-14)11-21-3/h4-5,12-13,17H,6-11H2,1-3H3. The molecule has 2 heterocycles.